The van der Waals surface area contributed by atoms with Crippen molar-refractivity contribution in [3.63, 3.8) is 0 Å². The maximum absolute atomic E-state index is 12.6. The van der Waals surface area contributed by atoms with Crippen LogP contribution in [0.1, 0.15) is 42.9 Å². The molecule has 5 heteroatoms. The lowest BCUT2D eigenvalue weighted by molar-refractivity contribution is -0.122. The molecule has 142 valence electrons. The number of fused-ring (bicyclic) bond motifs is 1. The minimum absolute atomic E-state index is 0.0676. The topological polar surface area (TPSA) is 73.6 Å². The number of benzene rings is 2. The predicted molar refractivity (Wildman–Crippen MR) is 104 cm³/mol. The average molecular weight is 366 g/mol. The summed E-state index contributed by atoms with van der Waals surface area (Å²) < 4.78 is 11.4. The number of carbonyl (C=O) groups excluding carboxylic acids is 1. The second kappa shape index (κ2) is 7.61. The minimum atomic E-state index is -0.648. The SMILES string of the molecule is NC(C(=O)NCC1(c2ccc3c(c2)OCCO3)CCCC1)c1ccccc1. The molecule has 0 radical (unpaired) electrons. The van der Waals surface area contributed by atoms with E-state index in [-0.39, 0.29) is 11.3 Å². The van der Waals surface area contributed by atoms with Gasteiger partial charge in [-0.25, -0.2) is 0 Å². The number of hydrogen-bond donors (Lipinski definition) is 2. The van der Waals surface area contributed by atoms with Crippen molar-refractivity contribution in [1.82, 2.24) is 5.32 Å². The molecule has 1 fully saturated rings. The molecule has 0 spiro atoms. The molecular formula is C22H26N2O3. The van der Waals surface area contributed by atoms with Gasteiger partial charge < -0.3 is 20.5 Å². The molecule has 1 atom stereocenters. The van der Waals surface area contributed by atoms with Gasteiger partial charge in [-0.05, 0) is 36.1 Å². The molecule has 1 saturated carbocycles. The van der Waals surface area contributed by atoms with E-state index in [2.05, 4.69) is 17.4 Å². The van der Waals surface area contributed by atoms with Crippen LogP contribution in [0.25, 0.3) is 0 Å². The van der Waals surface area contributed by atoms with Crippen molar-refractivity contribution in [2.75, 3.05) is 19.8 Å². The standard InChI is InChI=1S/C22H26N2O3/c23-20(16-6-2-1-3-7-16)21(25)24-15-22(10-4-5-11-22)17-8-9-18-19(14-17)27-13-12-26-18/h1-3,6-9,14,20H,4-5,10-13,15,23H2,(H,24,25). The summed E-state index contributed by atoms with van der Waals surface area (Å²) in [5.74, 6) is 1.47. The van der Waals surface area contributed by atoms with Crippen molar-refractivity contribution in [2.45, 2.75) is 37.1 Å². The van der Waals surface area contributed by atoms with Crippen LogP contribution in [0.3, 0.4) is 0 Å². The number of hydrogen-bond acceptors (Lipinski definition) is 4. The van der Waals surface area contributed by atoms with Gasteiger partial charge in [0.2, 0.25) is 5.91 Å². The molecule has 1 aliphatic carbocycles. The van der Waals surface area contributed by atoms with Gasteiger partial charge in [0.25, 0.3) is 0 Å². The Bertz CT molecular complexity index is 800. The summed E-state index contributed by atoms with van der Waals surface area (Å²) >= 11 is 0. The number of nitrogens with one attached hydrogen (secondary N) is 1. The van der Waals surface area contributed by atoms with E-state index in [1.54, 1.807) is 0 Å². The minimum Gasteiger partial charge on any atom is -0.486 e. The molecule has 1 unspecified atom stereocenters. The molecule has 0 saturated heterocycles. The largest absolute Gasteiger partial charge is 0.486 e. The summed E-state index contributed by atoms with van der Waals surface area (Å²) in [5.41, 5.74) is 8.11. The van der Waals surface area contributed by atoms with Crippen molar-refractivity contribution < 1.29 is 14.3 Å². The summed E-state index contributed by atoms with van der Waals surface area (Å²) in [4.78, 5) is 12.6. The lowest BCUT2D eigenvalue weighted by atomic mass is 9.78. The highest BCUT2D eigenvalue weighted by Crippen LogP contribution is 2.43. The molecule has 1 aliphatic heterocycles. The van der Waals surface area contributed by atoms with Gasteiger partial charge in [0.1, 0.15) is 19.3 Å². The van der Waals surface area contributed by atoms with E-state index in [0.29, 0.717) is 19.8 Å². The summed E-state index contributed by atoms with van der Waals surface area (Å²) in [5, 5.41) is 3.11. The Balaban J connectivity index is 1.50. The monoisotopic (exact) mass is 366 g/mol. The normalized spacial score (nSPS) is 18.7. The maximum Gasteiger partial charge on any atom is 0.241 e. The Morgan fingerprint density at radius 2 is 1.74 bits per heavy atom. The van der Waals surface area contributed by atoms with E-state index in [4.69, 9.17) is 15.2 Å². The van der Waals surface area contributed by atoms with E-state index in [9.17, 15) is 4.79 Å². The Hall–Kier alpha value is -2.53. The van der Waals surface area contributed by atoms with Crippen LogP contribution >= 0.6 is 0 Å². The molecule has 2 aliphatic rings. The number of rotatable bonds is 5. The second-order valence-electron chi connectivity index (χ2n) is 7.45. The van der Waals surface area contributed by atoms with Gasteiger partial charge in [-0.3, -0.25) is 4.79 Å². The van der Waals surface area contributed by atoms with Gasteiger partial charge in [0.05, 0.1) is 0 Å². The van der Waals surface area contributed by atoms with Crippen molar-refractivity contribution in [3.8, 4) is 11.5 Å². The highest BCUT2D eigenvalue weighted by atomic mass is 16.6. The quantitative estimate of drug-likeness (QED) is 0.853. The number of nitrogens with two attached hydrogens (primary N) is 1. The van der Waals surface area contributed by atoms with Gasteiger partial charge in [0.15, 0.2) is 11.5 Å². The van der Waals surface area contributed by atoms with Crippen LogP contribution in [0.2, 0.25) is 0 Å². The Kier molecular flexibility index (Phi) is 5.03. The van der Waals surface area contributed by atoms with Crippen molar-refractivity contribution in [3.05, 3.63) is 59.7 Å². The molecular weight excluding hydrogens is 340 g/mol. The first-order valence-corrected chi connectivity index (χ1v) is 9.66. The summed E-state index contributed by atoms with van der Waals surface area (Å²) in [6.07, 6.45) is 4.42. The molecule has 1 amide bonds. The van der Waals surface area contributed by atoms with Crippen LogP contribution in [0.4, 0.5) is 0 Å². The zero-order chi connectivity index (χ0) is 18.7. The van der Waals surface area contributed by atoms with Gasteiger partial charge in [0, 0.05) is 12.0 Å². The Labute approximate surface area is 159 Å². The fourth-order valence-corrected chi connectivity index (χ4v) is 4.17. The van der Waals surface area contributed by atoms with Crippen molar-refractivity contribution >= 4 is 5.91 Å². The first-order valence-electron chi connectivity index (χ1n) is 9.66. The number of amides is 1. The average Bonchev–Trinajstić information content (AvgIpc) is 3.22. The molecule has 5 nitrogen and oxygen atoms in total. The molecule has 0 bridgehead atoms. The van der Waals surface area contributed by atoms with E-state index < -0.39 is 6.04 Å². The smallest absolute Gasteiger partial charge is 0.241 e. The van der Waals surface area contributed by atoms with E-state index in [1.165, 1.54) is 5.56 Å². The van der Waals surface area contributed by atoms with Crippen LogP contribution in [-0.4, -0.2) is 25.7 Å². The summed E-state index contributed by atoms with van der Waals surface area (Å²) in [6.45, 7) is 1.75. The van der Waals surface area contributed by atoms with Gasteiger partial charge in [-0.2, -0.15) is 0 Å². The van der Waals surface area contributed by atoms with Crippen LogP contribution in [-0.2, 0) is 10.2 Å². The van der Waals surface area contributed by atoms with E-state index in [1.807, 2.05) is 36.4 Å². The third-order valence-electron chi connectivity index (χ3n) is 5.76. The lowest BCUT2D eigenvalue weighted by Gasteiger charge is -2.31. The van der Waals surface area contributed by atoms with E-state index in [0.717, 1.165) is 42.7 Å². The van der Waals surface area contributed by atoms with Crippen LogP contribution < -0.4 is 20.5 Å². The lowest BCUT2D eigenvalue weighted by Crippen LogP contribution is -2.42. The van der Waals surface area contributed by atoms with Crippen LogP contribution in [0, 0.1) is 0 Å². The van der Waals surface area contributed by atoms with Crippen LogP contribution in [0.15, 0.2) is 48.5 Å². The molecule has 2 aromatic rings. The summed E-state index contributed by atoms with van der Waals surface area (Å²) in [7, 11) is 0. The highest BCUT2D eigenvalue weighted by molar-refractivity contribution is 5.83. The third-order valence-corrected chi connectivity index (χ3v) is 5.76. The summed E-state index contributed by atoms with van der Waals surface area (Å²) in [6, 6.07) is 15.0. The number of carbonyl (C=O) groups is 1. The predicted octanol–water partition coefficient (Wildman–Crippen LogP) is 3.09. The molecule has 3 N–H and O–H groups in total. The van der Waals surface area contributed by atoms with Gasteiger partial charge >= 0.3 is 0 Å². The molecule has 27 heavy (non-hydrogen) atoms. The fraction of sp³-hybridized carbons (Fsp3) is 0.409. The van der Waals surface area contributed by atoms with Gasteiger partial charge in [-0.1, -0.05) is 49.2 Å². The molecule has 4 rings (SSSR count). The molecule has 0 aromatic heterocycles. The fourth-order valence-electron chi connectivity index (χ4n) is 4.17. The number of ether oxygens (including phenoxy) is 2. The molecule has 1 heterocycles. The van der Waals surface area contributed by atoms with Gasteiger partial charge in [-0.15, -0.1) is 0 Å². The zero-order valence-corrected chi connectivity index (χ0v) is 15.4. The van der Waals surface area contributed by atoms with E-state index >= 15 is 0 Å². The second-order valence-corrected chi connectivity index (χ2v) is 7.45. The van der Waals surface area contributed by atoms with Crippen molar-refractivity contribution in [1.29, 1.82) is 0 Å². The molecule has 2 aromatic carbocycles. The van der Waals surface area contributed by atoms with Crippen LogP contribution in [0.5, 0.6) is 11.5 Å². The highest BCUT2D eigenvalue weighted by Gasteiger charge is 2.37. The van der Waals surface area contributed by atoms with Crippen molar-refractivity contribution in [2.24, 2.45) is 5.73 Å². The first kappa shape index (κ1) is 17.9. The maximum atomic E-state index is 12.6. The Morgan fingerprint density at radius 1 is 1.04 bits per heavy atom. The first-order chi connectivity index (χ1) is 13.2. The third kappa shape index (κ3) is 3.65. The zero-order valence-electron chi connectivity index (χ0n) is 15.4. The Morgan fingerprint density at radius 3 is 2.48 bits per heavy atom.